The molecule has 6 nitrogen and oxygen atoms in total. The zero-order valence-corrected chi connectivity index (χ0v) is 17.2. The molecule has 3 aromatic rings. The van der Waals surface area contributed by atoms with Crippen LogP contribution in [0, 0.1) is 0 Å². The first-order valence-corrected chi connectivity index (χ1v) is 10.6. The van der Waals surface area contributed by atoms with Crippen molar-refractivity contribution in [2.75, 3.05) is 19.9 Å². The summed E-state index contributed by atoms with van der Waals surface area (Å²) in [5, 5.41) is 8.01. The Hall–Kier alpha value is -2.99. The number of carbonyl (C=O) groups is 1. The number of hydrogen-bond acceptors (Lipinski definition) is 4. The fraction of sp³-hybridized carbons (Fsp3) is 0.304. The summed E-state index contributed by atoms with van der Waals surface area (Å²) in [5.74, 6) is 1.71. The molecule has 0 spiro atoms. The Morgan fingerprint density at radius 3 is 2.77 bits per heavy atom. The summed E-state index contributed by atoms with van der Waals surface area (Å²) >= 11 is 6.04. The van der Waals surface area contributed by atoms with Gasteiger partial charge in [-0.25, -0.2) is 0 Å². The molecule has 3 heterocycles. The molecule has 1 atom stereocenters. The number of nitrogens with one attached hydrogen (secondary N) is 1. The van der Waals surface area contributed by atoms with Crippen LogP contribution in [0.4, 0.5) is 0 Å². The molecule has 2 aromatic carbocycles. The van der Waals surface area contributed by atoms with Crippen molar-refractivity contribution in [3.05, 3.63) is 64.8 Å². The van der Waals surface area contributed by atoms with Gasteiger partial charge in [0, 0.05) is 29.6 Å². The van der Waals surface area contributed by atoms with Crippen molar-refractivity contribution in [1.29, 1.82) is 0 Å². The van der Waals surface area contributed by atoms with Gasteiger partial charge in [-0.2, -0.15) is 5.10 Å². The van der Waals surface area contributed by atoms with E-state index in [1.807, 2.05) is 41.3 Å². The van der Waals surface area contributed by atoms with E-state index in [2.05, 4.69) is 22.3 Å². The highest BCUT2D eigenvalue weighted by atomic mass is 35.5. The van der Waals surface area contributed by atoms with Gasteiger partial charge in [-0.3, -0.25) is 9.89 Å². The van der Waals surface area contributed by atoms with Crippen LogP contribution in [0.2, 0.25) is 5.02 Å². The van der Waals surface area contributed by atoms with Gasteiger partial charge in [0.2, 0.25) is 6.79 Å². The molecular weight excluding hydrogens is 402 g/mol. The largest absolute Gasteiger partial charge is 0.454 e. The van der Waals surface area contributed by atoms with Gasteiger partial charge >= 0.3 is 0 Å². The summed E-state index contributed by atoms with van der Waals surface area (Å²) in [6, 6.07) is 15.4. The van der Waals surface area contributed by atoms with Crippen LogP contribution < -0.4 is 9.47 Å². The van der Waals surface area contributed by atoms with Gasteiger partial charge in [-0.1, -0.05) is 30.2 Å². The highest BCUT2D eigenvalue weighted by Gasteiger charge is 2.25. The number of rotatable bonds is 3. The number of ether oxygens (including phenoxy) is 2. The number of benzene rings is 2. The van der Waals surface area contributed by atoms with Crippen molar-refractivity contribution >= 4 is 17.5 Å². The number of amides is 1. The van der Waals surface area contributed by atoms with Gasteiger partial charge in [0.25, 0.3) is 5.91 Å². The van der Waals surface area contributed by atoms with Crippen molar-refractivity contribution in [2.45, 2.75) is 25.2 Å². The zero-order chi connectivity index (χ0) is 20.5. The molecule has 5 rings (SSSR count). The standard InChI is InChI=1S/C23H22ClN3O3/c24-18-7-4-15(5-8-18)17-3-1-2-10-27(13-17)23(28)20-12-19(25-26-20)16-6-9-21-22(11-16)30-14-29-21/h4-9,11-12,17H,1-3,10,13-14H2,(H,25,26). The normalized spacial score (nSPS) is 18.3. The van der Waals surface area contributed by atoms with E-state index in [0.717, 1.165) is 42.1 Å². The summed E-state index contributed by atoms with van der Waals surface area (Å²) < 4.78 is 10.8. The van der Waals surface area contributed by atoms with E-state index in [9.17, 15) is 4.79 Å². The number of carbonyl (C=O) groups excluding carboxylic acids is 1. The average Bonchev–Trinajstić information content (AvgIpc) is 3.37. The second-order valence-electron chi connectivity index (χ2n) is 7.73. The van der Waals surface area contributed by atoms with E-state index in [-0.39, 0.29) is 12.7 Å². The molecule has 7 heteroatoms. The molecule has 1 unspecified atom stereocenters. The maximum atomic E-state index is 13.2. The lowest BCUT2D eigenvalue weighted by atomic mass is 9.94. The van der Waals surface area contributed by atoms with Gasteiger partial charge in [0.15, 0.2) is 11.5 Å². The first-order valence-electron chi connectivity index (χ1n) is 10.2. The fourth-order valence-corrected chi connectivity index (χ4v) is 4.26. The van der Waals surface area contributed by atoms with E-state index in [0.29, 0.717) is 29.6 Å². The molecule has 2 aliphatic heterocycles. The lowest BCUT2D eigenvalue weighted by Gasteiger charge is -2.24. The third-order valence-corrected chi connectivity index (χ3v) is 6.03. The number of nitrogens with zero attached hydrogens (tertiary/aromatic N) is 2. The Balaban J connectivity index is 1.34. The highest BCUT2D eigenvalue weighted by molar-refractivity contribution is 6.30. The smallest absolute Gasteiger partial charge is 0.271 e. The van der Waals surface area contributed by atoms with Crippen LogP contribution >= 0.6 is 11.6 Å². The van der Waals surface area contributed by atoms with E-state index in [1.165, 1.54) is 5.56 Å². The van der Waals surface area contributed by atoms with Crippen LogP contribution in [0.5, 0.6) is 11.5 Å². The lowest BCUT2D eigenvalue weighted by Crippen LogP contribution is -2.34. The Kier molecular flexibility index (Phi) is 5.09. The Bertz CT molecular complexity index is 1060. The first-order chi connectivity index (χ1) is 14.7. The van der Waals surface area contributed by atoms with Crippen LogP contribution in [0.1, 0.15) is 41.2 Å². The maximum Gasteiger partial charge on any atom is 0.271 e. The van der Waals surface area contributed by atoms with Crippen molar-refractivity contribution in [2.24, 2.45) is 0 Å². The zero-order valence-electron chi connectivity index (χ0n) is 16.4. The minimum atomic E-state index is -0.0182. The predicted octanol–water partition coefficient (Wildman–Crippen LogP) is 4.87. The van der Waals surface area contributed by atoms with Gasteiger partial charge in [0.05, 0.1) is 5.69 Å². The third kappa shape index (κ3) is 3.75. The number of fused-ring (bicyclic) bond motifs is 1. The molecule has 1 saturated heterocycles. The van der Waals surface area contributed by atoms with Crippen LogP contribution in [0.25, 0.3) is 11.3 Å². The molecule has 154 valence electrons. The molecule has 1 fully saturated rings. The van der Waals surface area contributed by atoms with Crippen LogP contribution in [0.15, 0.2) is 48.5 Å². The van der Waals surface area contributed by atoms with E-state index < -0.39 is 0 Å². The summed E-state index contributed by atoms with van der Waals surface area (Å²) in [5.41, 5.74) is 3.31. The fourth-order valence-electron chi connectivity index (χ4n) is 4.14. The Labute approximate surface area is 179 Å². The lowest BCUT2D eigenvalue weighted by molar-refractivity contribution is 0.0748. The molecule has 0 saturated carbocycles. The monoisotopic (exact) mass is 423 g/mol. The molecule has 0 radical (unpaired) electrons. The number of hydrogen-bond donors (Lipinski definition) is 1. The average molecular weight is 424 g/mol. The number of H-pyrrole nitrogens is 1. The Morgan fingerprint density at radius 1 is 1.07 bits per heavy atom. The molecule has 1 N–H and O–H groups in total. The summed E-state index contributed by atoms with van der Waals surface area (Å²) in [4.78, 5) is 15.1. The highest BCUT2D eigenvalue weighted by Crippen LogP contribution is 2.35. The van der Waals surface area contributed by atoms with Crippen molar-refractivity contribution in [1.82, 2.24) is 15.1 Å². The third-order valence-electron chi connectivity index (χ3n) is 5.78. The van der Waals surface area contributed by atoms with Crippen molar-refractivity contribution in [3.63, 3.8) is 0 Å². The number of aromatic nitrogens is 2. The minimum Gasteiger partial charge on any atom is -0.454 e. The van der Waals surface area contributed by atoms with E-state index in [1.54, 1.807) is 0 Å². The van der Waals surface area contributed by atoms with Gasteiger partial charge in [0.1, 0.15) is 5.69 Å². The summed E-state index contributed by atoms with van der Waals surface area (Å²) in [6.07, 6.45) is 3.16. The molecular formula is C23H22ClN3O3. The summed E-state index contributed by atoms with van der Waals surface area (Å²) in [7, 11) is 0. The first kappa shape index (κ1) is 19.0. The number of likely N-dealkylation sites (tertiary alicyclic amines) is 1. The molecule has 2 aliphatic rings. The molecule has 30 heavy (non-hydrogen) atoms. The second kappa shape index (κ2) is 8.03. The van der Waals surface area contributed by atoms with Crippen molar-refractivity contribution < 1.29 is 14.3 Å². The molecule has 1 aromatic heterocycles. The number of halogens is 1. The van der Waals surface area contributed by atoms with Crippen LogP contribution in [-0.2, 0) is 0 Å². The topological polar surface area (TPSA) is 67.5 Å². The molecule has 0 aliphatic carbocycles. The predicted molar refractivity (Wildman–Crippen MR) is 114 cm³/mol. The Morgan fingerprint density at radius 2 is 1.90 bits per heavy atom. The quantitative estimate of drug-likeness (QED) is 0.652. The maximum absolute atomic E-state index is 13.2. The van der Waals surface area contributed by atoms with Crippen LogP contribution in [0.3, 0.4) is 0 Å². The van der Waals surface area contributed by atoms with E-state index >= 15 is 0 Å². The molecule has 0 bridgehead atoms. The second-order valence-corrected chi connectivity index (χ2v) is 8.17. The van der Waals surface area contributed by atoms with Gasteiger partial charge in [-0.15, -0.1) is 0 Å². The van der Waals surface area contributed by atoms with Gasteiger partial charge < -0.3 is 14.4 Å². The van der Waals surface area contributed by atoms with Crippen LogP contribution in [-0.4, -0.2) is 40.9 Å². The van der Waals surface area contributed by atoms with Crippen molar-refractivity contribution in [3.8, 4) is 22.8 Å². The number of aromatic amines is 1. The summed E-state index contributed by atoms with van der Waals surface area (Å²) in [6.45, 7) is 1.67. The SMILES string of the molecule is O=C(c1cc(-c2ccc3c(c2)OCO3)n[nH]1)N1CCCCC(c2ccc(Cl)cc2)C1. The molecule has 1 amide bonds. The van der Waals surface area contributed by atoms with E-state index in [4.69, 9.17) is 21.1 Å². The van der Waals surface area contributed by atoms with Gasteiger partial charge in [-0.05, 0) is 54.8 Å². The minimum absolute atomic E-state index is 0.0182.